The van der Waals surface area contributed by atoms with Crippen molar-refractivity contribution in [3.05, 3.63) is 92.8 Å². The number of halogens is 4. The van der Waals surface area contributed by atoms with E-state index in [4.69, 9.17) is 44.0 Å². The van der Waals surface area contributed by atoms with Crippen LogP contribution in [0.3, 0.4) is 0 Å². The predicted molar refractivity (Wildman–Crippen MR) is 118 cm³/mol. The minimum atomic E-state index is -0.553. The number of ether oxygens (including phenoxy) is 1. The summed E-state index contributed by atoms with van der Waals surface area (Å²) in [6, 6.07) is 12.4. The lowest BCUT2D eigenvalue weighted by Crippen LogP contribution is -2.12. The van der Waals surface area contributed by atoms with Gasteiger partial charge in [0.1, 0.15) is 24.5 Å². The van der Waals surface area contributed by atoms with Gasteiger partial charge in [-0.15, -0.1) is 5.10 Å². The topological polar surface area (TPSA) is 82.2 Å². The number of furan rings is 1. The van der Waals surface area contributed by atoms with Crippen molar-refractivity contribution in [3.8, 4) is 5.75 Å². The average Bonchev–Trinajstić information content (AvgIpc) is 3.38. The molecule has 4 rings (SSSR count). The van der Waals surface area contributed by atoms with Gasteiger partial charge in [0.25, 0.3) is 5.91 Å². The van der Waals surface area contributed by atoms with Crippen LogP contribution in [0.1, 0.15) is 21.9 Å². The highest BCUT2D eigenvalue weighted by Crippen LogP contribution is 2.36. The molecule has 164 valence electrons. The van der Waals surface area contributed by atoms with Crippen LogP contribution >= 0.6 is 34.8 Å². The number of anilines is 1. The third-order valence-electron chi connectivity index (χ3n) is 4.26. The zero-order chi connectivity index (χ0) is 22.7. The van der Waals surface area contributed by atoms with E-state index >= 15 is 0 Å². The summed E-state index contributed by atoms with van der Waals surface area (Å²) in [5, 5.41) is 7.54. The molecule has 0 fully saturated rings. The quantitative estimate of drug-likeness (QED) is 0.348. The lowest BCUT2D eigenvalue weighted by Gasteiger charge is -2.09. The van der Waals surface area contributed by atoms with E-state index in [1.54, 1.807) is 24.3 Å². The molecule has 0 unspecified atom stereocenters. The summed E-state index contributed by atoms with van der Waals surface area (Å²) in [7, 11) is 0. The first-order valence-electron chi connectivity index (χ1n) is 9.19. The van der Waals surface area contributed by atoms with Gasteiger partial charge in [0.15, 0.2) is 11.5 Å². The van der Waals surface area contributed by atoms with Gasteiger partial charge >= 0.3 is 0 Å². The Morgan fingerprint density at radius 2 is 1.88 bits per heavy atom. The number of rotatable bonds is 7. The summed E-state index contributed by atoms with van der Waals surface area (Å²) in [6.45, 7) is 0.164. The van der Waals surface area contributed by atoms with E-state index in [-0.39, 0.29) is 46.5 Å². The summed E-state index contributed by atoms with van der Waals surface area (Å²) in [5.74, 6) is -0.190. The van der Waals surface area contributed by atoms with Crippen LogP contribution < -0.4 is 10.1 Å². The molecule has 0 spiro atoms. The molecule has 0 atom stereocenters. The number of carbonyl (C=O) groups excluding carboxylic acids is 1. The fraction of sp³-hybridized carbons (Fsp3) is 0.0952. The van der Waals surface area contributed by atoms with E-state index in [2.05, 4.69) is 15.4 Å². The monoisotopic (exact) mass is 494 g/mol. The Kier molecular flexibility index (Phi) is 6.64. The number of amides is 1. The minimum absolute atomic E-state index is 0.0101. The van der Waals surface area contributed by atoms with E-state index in [1.807, 2.05) is 0 Å². The molecule has 1 amide bonds. The van der Waals surface area contributed by atoms with Crippen LogP contribution in [0.25, 0.3) is 0 Å². The number of hydrogen-bond donors (Lipinski definition) is 1. The molecule has 4 aromatic rings. The Labute approximate surface area is 196 Å². The maximum atomic E-state index is 13.8. The first-order chi connectivity index (χ1) is 15.4. The largest absolute Gasteiger partial charge is 0.483 e. The standard InChI is InChI=1S/C21H14Cl3FN4O3/c22-13-7-15(23)19(16(24)8-13)31-10-14-5-6-18(32-14)20(30)27-21-26-11-29(28-21)9-12-3-1-2-4-17(12)25/h1-8,11H,9-10H2,(H,27,28,30). The molecule has 7 nitrogen and oxygen atoms in total. The predicted octanol–water partition coefficient (Wildman–Crippen LogP) is 5.85. The van der Waals surface area contributed by atoms with Crippen LogP contribution in [0, 0.1) is 5.82 Å². The van der Waals surface area contributed by atoms with Crippen LogP contribution in [0.5, 0.6) is 5.75 Å². The number of carbonyl (C=O) groups is 1. The minimum Gasteiger partial charge on any atom is -0.483 e. The molecule has 11 heteroatoms. The second-order valence-corrected chi connectivity index (χ2v) is 7.82. The van der Waals surface area contributed by atoms with E-state index in [1.165, 1.54) is 35.3 Å². The highest BCUT2D eigenvalue weighted by Gasteiger charge is 2.16. The molecule has 2 aromatic carbocycles. The molecule has 0 aliphatic heterocycles. The number of benzene rings is 2. The van der Waals surface area contributed by atoms with Crippen molar-refractivity contribution in [2.24, 2.45) is 0 Å². The van der Waals surface area contributed by atoms with Gasteiger partial charge < -0.3 is 9.15 Å². The Morgan fingerprint density at radius 3 is 2.62 bits per heavy atom. The zero-order valence-corrected chi connectivity index (χ0v) is 18.5. The highest BCUT2D eigenvalue weighted by atomic mass is 35.5. The normalized spacial score (nSPS) is 10.9. The Morgan fingerprint density at radius 1 is 1.12 bits per heavy atom. The second-order valence-electron chi connectivity index (χ2n) is 6.56. The maximum Gasteiger partial charge on any atom is 0.293 e. The van der Waals surface area contributed by atoms with Crippen LogP contribution in [-0.2, 0) is 13.2 Å². The van der Waals surface area contributed by atoms with E-state index in [0.29, 0.717) is 16.3 Å². The first-order valence-corrected chi connectivity index (χ1v) is 10.3. The molecule has 2 heterocycles. The Balaban J connectivity index is 1.36. The zero-order valence-electron chi connectivity index (χ0n) is 16.2. The van der Waals surface area contributed by atoms with Crippen LogP contribution in [0.15, 0.2) is 59.3 Å². The molecular weight excluding hydrogens is 482 g/mol. The molecule has 2 aromatic heterocycles. The van der Waals surface area contributed by atoms with Gasteiger partial charge in [0.05, 0.1) is 16.6 Å². The van der Waals surface area contributed by atoms with Gasteiger partial charge in [-0.05, 0) is 30.3 Å². The molecular formula is C21H14Cl3FN4O3. The molecule has 1 N–H and O–H groups in total. The van der Waals surface area contributed by atoms with Crippen molar-refractivity contribution in [3.63, 3.8) is 0 Å². The van der Waals surface area contributed by atoms with Crippen molar-refractivity contribution in [2.75, 3.05) is 5.32 Å². The summed E-state index contributed by atoms with van der Waals surface area (Å²) in [6.07, 6.45) is 1.39. The SMILES string of the molecule is O=C(Nc1ncn(Cc2ccccc2F)n1)c1ccc(COc2c(Cl)cc(Cl)cc2Cl)o1. The molecule has 0 bridgehead atoms. The average molecular weight is 496 g/mol. The fourth-order valence-corrected chi connectivity index (χ4v) is 3.71. The smallest absolute Gasteiger partial charge is 0.293 e. The Hall–Kier alpha value is -3.07. The third-order valence-corrected chi connectivity index (χ3v) is 5.04. The molecule has 0 radical (unpaired) electrons. The first kappa shape index (κ1) is 22.1. The van der Waals surface area contributed by atoms with Crippen molar-refractivity contribution in [1.29, 1.82) is 0 Å². The van der Waals surface area contributed by atoms with Crippen LogP contribution in [0.4, 0.5) is 10.3 Å². The summed E-state index contributed by atoms with van der Waals surface area (Å²) >= 11 is 18.0. The van der Waals surface area contributed by atoms with E-state index in [9.17, 15) is 9.18 Å². The van der Waals surface area contributed by atoms with Gasteiger partial charge in [-0.2, -0.15) is 0 Å². The van der Waals surface area contributed by atoms with Crippen LogP contribution in [0.2, 0.25) is 15.1 Å². The molecule has 0 aliphatic carbocycles. The fourth-order valence-electron chi connectivity index (χ4n) is 2.78. The Bertz CT molecular complexity index is 1250. The van der Waals surface area contributed by atoms with Gasteiger partial charge in [-0.1, -0.05) is 53.0 Å². The number of hydrogen-bond acceptors (Lipinski definition) is 5. The van der Waals surface area contributed by atoms with Gasteiger partial charge in [0.2, 0.25) is 5.95 Å². The third kappa shape index (κ3) is 5.21. The van der Waals surface area contributed by atoms with E-state index in [0.717, 1.165) is 0 Å². The number of nitrogens with one attached hydrogen (secondary N) is 1. The van der Waals surface area contributed by atoms with Gasteiger partial charge in [0, 0.05) is 10.6 Å². The van der Waals surface area contributed by atoms with Crippen LogP contribution in [-0.4, -0.2) is 20.7 Å². The lowest BCUT2D eigenvalue weighted by atomic mass is 10.2. The van der Waals surface area contributed by atoms with Gasteiger partial charge in [-0.3, -0.25) is 10.1 Å². The summed E-state index contributed by atoms with van der Waals surface area (Å²) in [5.41, 5.74) is 0.451. The summed E-state index contributed by atoms with van der Waals surface area (Å²) in [4.78, 5) is 16.4. The molecule has 32 heavy (non-hydrogen) atoms. The highest BCUT2D eigenvalue weighted by molar-refractivity contribution is 6.40. The van der Waals surface area contributed by atoms with Crippen molar-refractivity contribution in [2.45, 2.75) is 13.2 Å². The lowest BCUT2D eigenvalue weighted by molar-refractivity contribution is 0.0991. The summed E-state index contributed by atoms with van der Waals surface area (Å²) < 4.78 is 26.3. The van der Waals surface area contributed by atoms with Crippen molar-refractivity contribution in [1.82, 2.24) is 14.8 Å². The number of aromatic nitrogens is 3. The van der Waals surface area contributed by atoms with E-state index < -0.39 is 5.91 Å². The molecule has 0 saturated carbocycles. The molecule has 0 saturated heterocycles. The maximum absolute atomic E-state index is 13.8. The molecule has 0 aliphatic rings. The van der Waals surface area contributed by atoms with Crippen molar-refractivity contribution < 1.29 is 18.3 Å². The number of nitrogens with zero attached hydrogens (tertiary/aromatic N) is 3. The second kappa shape index (κ2) is 9.60. The van der Waals surface area contributed by atoms with Gasteiger partial charge in [-0.25, -0.2) is 14.1 Å². The van der Waals surface area contributed by atoms with Crippen molar-refractivity contribution >= 4 is 46.7 Å².